The van der Waals surface area contributed by atoms with Gasteiger partial charge in [0.15, 0.2) is 5.65 Å². The third-order valence-corrected chi connectivity index (χ3v) is 4.03. The van der Waals surface area contributed by atoms with Gasteiger partial charge in [-0.15, -0.1) is 16.8 Å². The van der Waals surface area contributed by atoms with Crippen LogP contribution in [0.5, 0.6) is 0 Å². The molecule has 0 amide bonds. The minimum Gasteiger partial charge on any atom is -0.267 e. The fourth-order valence-corrected chi connectivity index (χ4v) is 2.87. The van der Waals surface area contributed by atoms with Crippen molar-refractivity contribution in [1.82, 2.24) is 19.6 Å². The van der Waals surface area contributed by atoms with Crippen LogP contribution in [0, 0.1) is 0 Å². The van der Waals surface area contributed by atoms with Crippen molar-refractivity contribution in [1.29, 1.82) is 0 Å². The number of alkyl halides is 3. The molecule has 0 saturated heterocycles. The summed E-state index contributed by atoms with van der Waals surface area (Å²) in [6, 6.07) is 4.55. The van der Waals surface area contributed by atoms with Crippen LogP contribution in [0.1, 0.15) is 5.82 Å². The molecule has 3 aromatic rings. The van der Waals surface area contributed by atoms with Crippen molar-refractivity contribution in [2.24, 2.45) is 0 Å². The highest BCUT2D eigenvalue weighted by Crippen LogP contribution is 2.33. The van der Waals surface area contributed by atoms with Crippen LogP contribution in [-0.4, -0.2) is 25.3 Å². The summed E-state index contributed by atoms with van der Waals surface area (Å²) in [5.41, 5.74) is 0.644. The maximum absolute atomic E-state index is 13.2. The van der Waals surface area contributed by atoms with Gasteiger partial charge in [-0.1, -0.05) is 29.4 Å². The Morgan fingerprint density at radius 1 is 1.32 bits per heavy atom. The standard InChI is InChI=1S/C13H8ClF3N4S/c1-2-5-22-11-10-19-20-12(13(15,16)17)21(10)9-6-7(14)3-4-8(9)18-11/h2-4,6H,1,5H2. The SMILES string of the molecule is C=CCSc1nc2ccc(Cl)cc2n2c(C(F)(F)F)nnc12. The van der Waals surface area contributed by atoms with Gasteiger partial charge in [0.1, 0.15) is 5.03 Å². The molecule has 4 nitrogen and oxygen atoms in total. The Bertz CT molecular complexity index is 875. The van der Waals surface area contributed by atoms with Gasteiger partial charge in [0, 0.05) is 10.8 Å². The first-order valence-electron chi connectivity index (χ1n) is 6.07. The molecular formula is C13H8ClF3N4S. The van der Waals surface area contributed by atoms with Crippen LogP contribution in [0.3, 0.4) is 0 Å². The Morgan fingerprint density at radius 3 is 2.77 bits per heavy atom. The second-order valence-corrected chi connectivity index (χ2v) is 5.78. The molecule has 0 aliphatic heterocycles. The van der Waals surface area contributed by atoms with E-state index in [1.807, 2.05) is 0 Å². The molecule has 22 heavy (non-hydrogen) atoms. The fourth-order valence-electron chi connectivity index (χ4n) is 2.00. The van der Waals surface area contributed by atoms with Crippen molar-refractivity contribution < 1.29 is 13.2 Å². The molecule has 2 heterocycles. The lowest BCUT2D eigenvalue weighted by Gasteiger charge is -2.09. The number of hydrogen-bond acceptors (Lipinski definition) is 4. The van der Waals surface area contributed by atoms with Gasteiger partial charge in [-0.3, -0.25) is 4.40 Å². The number of rotatable bonds is 3. The minimum atomic E-state index is -4.63. The van der Waals surface area contributed by atoms with E-state index in [0.717, 1.165) is 4.40 Å². The number of aromatic nitrogens is 4. The van der Waals surface area contributed by atoms with E-state index in [4.69, 9.17) is 11.6 Å². The number of hydrogen-bond donors (Lipinski definition) is 0. The van der Waals surface area contributed by atoms with Crippen molar-refractivity contribution in [3.8, 4) is 0 Å². The third-order valence-electron chi connectivity index (χ3n) is 2.85. The molecule has 0 N–H and O–H groups in total. The lowest BCUT2D eigenvalue weighted by atomic mass is 10.3. The summed E-state index contributed by atoms with van der Waals surface area (Å²) >= 11 is 7.13. The number of fused-ring (bicyclic) bond motifs is 3. The van der Waals surface area contributed by atoms with Gasteiger partial charge in [0.05, 0.1) is 11.0 Å². The Balaban J connectivity index is 2.41. The van der Waals surface area contributed by atoms with E-state index in [9.17, 15) is 13.2 Å². The molecule has 0 unspecified atom stereocenters. The molecule has 0 aliphatic carbocycles. The van der Waals surface area contributed by atoms with Crippen LogP contribution in [0.25, 0.3) is 16.7 Å². The molecule has 0 radical (unpaired) electrons. The summed E-state index contributed by atoms with van der Waals surface area (Å²) in [4.78, 5) is 4.34. The van der Waals surface area contributed by atoms with E-state index in [1.165, 1.54) is 17.8 Å². The first-order valence-corrected chi connectivity index (χ1v) is 7.43. The van der Waals surface area contributed by atoms with Gasteiger partial charge in [-0.2, -0.15) is 13.2 Å². The van der Waals surface area contributed by atoms with E-state index in [0.29, 0.717) is 21.3 Å². The summed E-state index contributed by atoms with van der Waals surface area (Å²) in [5, 5.41) is 7.60. The minimum absolute atomic E-state index is 0.0499. The first-order chi connectivity index (χ1) is 10.4. The van der Waals surface area contributed by atoms with Crippen LogP contribution < -0.4 is 0 Å². The highest BCUT2D eigenvalue weighted by Gasteiger charge is 2.38. The summed E-state index contributed by atoms with van der Waals surface area (Å²) in [6.45, 7) is 3.59. The van der Waals surface area contributed by atoms with Crippen LogP contribution in [-0.2, 0) is 6.18 Å². The van der Waals surface area contributed by atoms with Crippen molar-refractivity contribution in [2.45, 2.75) is 11.2 Å². The largest absolute Gasteiger partial charge is 0.452 e. The van der Waals surface area contributed by atoms with Crippen molar-refractivity contribution in [3.63, 3.8) is 0 Å². The lowest BCUT2D eigenvalue weighted by Crippen LogP contribution is -2.11. The molecule has 0 aliphatic rings. The number of halogens is 4. The second kappa shape index (κ2) is 5.44. The van der Waals surface area contributed by atoms with Crippen LogP contribution in [0.4, 0.5) is 13.2 Å². The van der Waals surface area contributed by atoms with E-state index in [2.05, 4.69) is 21.8 Å². The number of thioether (sulfide) groups is 1. The van der Waals surface area contributed by atoms with Crippen molar-refractivity contribution >= 4 is 40.0 Å². The van der Waals surface area contributed by atoms with E-state index >= 15 is 0 Å². The Kier molecular flexibility index (Phi) is 3.73. The predicted molar refractivity (Wildman–Crippen MR) is 79.2 cm³/mol. The predicted octanol–water partition coefficient (Wildman–Crippen LogP) is 4.23. The number of nitrogens with zero attached hydrogens (tertiary/aromatic N) is 4. The highest BCUT2D eigenvalue weighted by atomic mass is 35.5. The molecule has 2 aromatic heterocycles. The zero-order valence-corrected chi connectivity index (χ0v) is 12.5. The zero-order chi connectivity index (χ0) is 15.9. The molecule has 0 saturated carbocycles. The maximum Gasteiger partial charge on any atom is 0.452 e. The Morgan fingerprint density at radius 2 is 2.09 bits per heavy atom. The van der Waals surface area contributed by atoms with E-state index in [1.54, 1.807) is 18.2 Å². The quantitative estimate of drug-likeness (QED) is 0.527. The molecule has 3 rings (SSSR count). The molecule has 114 valence electrons. The monoisotopic (exact) mass is 344 g/mol. The van der Waals surface area contributed by atoms with Gasteiger partial charge >= 0.3 is 6.18 Å². The summed E-state index contributed by atoms with van der Waals surface area (Å²) < 4.78 is 40.4. The average Bonchev–Trinajstić information content (AvgIpc) is 2.90. The van der Waals surface area contributed by atoms with Crippen LogP contribution in [0.2, 0.25) is 5.02 Å². The highest BCUT2D eigenvalue weighted by molar-refractivity contribution is 7.99. The van der Waals surface area contributed by atoms with Gasteiger partial charge in [-0.25, -0.2) is 4.98 Å². The molecule has 9 heteroatoms. The van der Waals surface area contributed by atoms with E-state index < -0.39 is 12.0 Å². The second-order valence-electron chi connectivity index (χ2n) is 4.33. The third kappa shape index (κ3) is 2.52. The lowest BCUT2D eigenvalue weighted by molar-refractivity contribution is -0.145. The van der Waals surface area contributed by atoms with Crippen molar-refractivity contribution in [3.05, 3.63) is 41.7 Å². The maximum atomic E-state index is 13.2. The summed E-state index contributed by atoms with van der Waals surface area (Å²) in [6.07, 6.45) is -2.99. The average molecular weight is 345 g/mol. The van der Waals surface area contributed by atoms with Gasteiger partial charge in [0.2, 0.25) is 5.82 Å². The zero-order valence-electron chi connectivity index (χ0n) is 10.9. The van der Waals surface area contributed by atoms with Gasteiger partial charge < -0.3 is 0 Å². The summed E-state index contributed by atoms with van der Waals surface area (Å²) in [7, 11) is 0. The smallest absolute Gasteiger partial charge is 0.267 e. The Hall–Kier alpha value is -1.80. The number of benzene rings is 1. The first kappa shape index (κ1) is 15.1. The summed E-state index contributed by atoms with van der Waals surface area (Å²) in [5.74, 6) is -0.603. The topological polar surface area (TPSA) is 43.1 Å². The normalized spacial score (nSPS) is 12.2. The van der Waals surface area contributed by atoms with Crippen LogP contribution in [0.15, 0.2) is 35.9 Å². The molecule has 0 fully saturated rings. The molecule has 0 atom stereocenters. The van der Waals surface area contributed by atoms with Gasteiger partial charge in [-0.05, 0) is 18.2 Å². The van der Waals surface area contributed by atoms with E-state index in [-0.39, 0.29) is 11.2 Å². The van der Waals surface area contributed by atoms with Gasteiger partial charge in [0.25, 0.3) is 0 Å². The molecule has 0 bridgehead atoms. The fraction of sp³-hybridized carbons (Fsp3) is 0.154. The molecule has 0 spiro atoms. The molecule has 1 aromatic carbocycles. The van der Waals surface area contributed by atoms with Crippen LogP contribution >= 0.6 is 23.4 Å². The molecular weight excluding hydrogens is 337 g/mol. The van der Waals surface area contributed by atoms with Crippen molar-refractivity contribution in [2.75, 3.05) is 5.75 Å². The Labute approximate surface area is 132 Å².